The summed E-state index contributed by atoms with van der Waals surface area (Å²) < 4.78 is 23.3. The van der Waals surface area contributed by atoms with Crippen LogP contribution in [0.4, 0.5) is 5.82 Å². The number of sulfone groups is 1. The Morgan fingerprint density at radius 2 is 2.12 bits per heavy atom. The summed E-state index contributed by atoms with van der Waals surface area (Å²) in [7, 11) is -2.95. The zero-order chi connectivity index (χ0) is 17.7. The Balaban J connectivity index is 2.01. The summed E-state index contributed by atoms with van der Waals surface area (Å²) in [6, 6.07) is 3.30. The summed E-state index contributed by atoms with van der Waals surface area (Å²) in [5, 5.41) is 11.0. The average molecular weight is 354 g/mol. The van der Waals surface area contributed by atoms with Gasteiger partial charge in [-0.15, -0.1) is 10.2 Å². The minimum absolute atomic E-state index is 0.0694. The SMILES string of the molecule is CCN(c1ccc(C(=O)NCCC(C)C)nn1)C1CCS(=O)(=O)C1. The number of carbonyl (C=O) groups excluding carboxylic acids is 1. The molecule has 1 fully saturated rings. The highest BCUT2D eigenvalue weighted by Gasteiger charge is 2.32. The first-order valence-electron chi connectivity index (χ1n) is 8.41. The van der Waals surface area contributed by atoms with Gasteiger partial charge in [0.15, 0.2) is 21.3 Å². The molecule has 1 aromatic heterocycles. The lowest BCUT2D eigenvalue weighted by Crippen LogP contribution is -2.37. The summed E-state index contributed by atoms with van der Waals surface area (Å²) in [6.45, 7) is 7.42. The first-order valence-corrected chi connectivity index (χ1v) is 10.2. The molecule has 1 aliphatic heterocycles. The maximum absolute atomic E-state index is 12.0. The van der Waals surface area contributed by atoms with Crippen molar-refractivity contribution in [2.75, 3.05) is 29.5 Å². The molecule has 8 heteroatoms. The highest BCUT2D eigenvalue weighted by molar-refractivity contribution is 7.91. The first-order chi connectivity index (χ1) is 11.3. The number of carbonyl (C=O) groups is 1. The molecule has 1 atom stereocenters. The molecule has 0 saturated carbocycles. The van der Waals surface area contributed by atoms with Crippen molar-refractivity contribution in [1.82, 2.24) is 15.5 Å². The van der Waals surface area contributed by atoms with Gasteiger partial charge in [0.1, 0.15) is 0 Å². The lowest BCUT2D eigenvalue weighted by Gasteiger charge is -2.27. The number of hydrogen-bond acceptors (Lipinski definition) is 6. The number of anilines is 1. The Kier molecular flexibility index (Phi) is 6.15. The van der Waals surface area contributed by atoms with Crippen LogP contribution in [0.5, 0.6) is 0 Å². The predicted octanol–water partition coefficient (Wildman–Crippen LogP) is 1.27. The molecule has 1 unspecified atom stereocenters. The molecule has 0 radical (unpaired) electrons. The zero-order valence-electron chi connectivity index (χ0n) is 14.5. The van der Waals surface area contributed by atoms with Gasteiger partial charge in [0.05, 0.1) is 11.5 Å². The molecule has 1 amide bonds. The summed E-state index contributed by atoms with van der Waals surface area (Å²) in [4.78, 5) is 14.0. The van der Waals surface area contributed by atoms with Crippen molar-refractivity contribution in [2.45, 2.75) is 39.7 Å². The summed E-state index contributed by atoms with van der Waals surface area (Å²) in [5.74, 6) is 1.27. The molecule has 7 nitrogen and oxygen atoms in total. The van der Waals surface area contributed by atoms with Crippen molar-refractivity contribution in [1.29, 1.82) is 0 Å². The van der Waals surface area contributed by atoms with Gasteiger partial charge in [-0.3, -0.25) is 4.79 Å². The Bertz CT molecular complexity index is 658. The van der Waals surface area contributed by atoms with Crippen LogP contribution in [0.1, 0.15) is 44.1 Å². The molecule has 1 aromatic rings. The van der Waals surface area contributed by atoms with Gasteiger partial charge in [-0.25, -0.2) is 8.42 Å². The summed E-state index contributed by atoms with van der Waals surface area (Å²) in [6.07, 6.45) is 1.52. The summed E-state index contributed by atoms with van der Waals surface area (Å²) >= 11 is 0. The van der Waals surface area contributed by atoms with E-state index in [9.17, 15) is 13.2 Å². The van der Waals surface area contributed by atoms with Gasteiger partial charge >= 0.3 is 0 Å². The van der Waals surface area contributed by atoms with Gasteiger partial charge in [-0.1, -0.05) is 13.8 Å². The number of amides is 1. The molecule has 24 heavy (non-hydrogen) atoms. The molecule has 0 aliphatic carbocycles. The van der Waals surface area contributed by atoms with Gasteiger partial charge < -0.3 is 10.2 Å². The fraction of sp³-hybridized carbons (Fsp3) is 0.688. The minimum atomic E-state index is -2.95. The molecule has 1 saturated heterocycles. The molecule has 0 aromatic carbocycles. The Labute approximate surface area is 143 Å². The largest absolute Gasteiger partial charge is 0.351 e. The van der Waals surface area contributed by atoms with Gasteiger partial charge in [0.25, 0.3) is 5.91 Å². The van der Waals surface area contributed by atoms with Crippen molar-refractivity contribution in [2.24, 2.45) is 5.92 Å². The van der Waals surface area contributed by atoms with Crippen molar-refractivity contribution in [3.05, 3.63) is 17.8 Å². The van der Waals surface area contributed by atoms with E-state index in [-0.39, 0.29) is 29.1 Å². The van der Waals surface area contributed by atoms with Crippen LogP contribution in [0.25, 0.3) is 0 Å². The topological polar surface area (TPSA) is 92.3 Å². The van der Waals surface area contributed by atoms with E-state index in [1.165, 1.54) is 0 Å². The third kappa shape index (κ3) is 4.90. The van der Waals surface area contributed by atoms with E-state index in [1.807, 2.05) is 11.8 Å². The lowest BCUT2D eigenvalue weighted by molar-refractivity contribution is 0.0946. The summed E-state index contributed by atoms with van der Waals surface area (Å²) in [5.41, 5.74) is 0.276. The quantitative estimate of drug-likeness (QED) is 0.793. The fourth-order valence-electron chi connectivity index (χ4n) is 2.79. The maximum Gasteiger partial charge on any atom is 0.271 e. The third-order valence-electron chi connectivity index (χ3n) is 4.17. The molecular formula is C16H26N4O3S. The standard InChI is InChI=1S/C16H26N4O3S/c1-4-20(13-8-10-24(22,23)11-13)15-6-5-14(18-19-15)16(21)17-9-7-12(2)3/h5-6,12-13H,4,7-11H2,1-3H3,(H,17,21). The van der Waals surface area contributed by atoms with Gasteiger partial charge in [0, 0.05) is 19.1 Å². The number of aromatic nitrogens is 2. The van der Waals surface area contributed by atoms with E-state index in [1.54, 1.807) is 12.1 Å². The molecule has 2 rings (SSSR count). The fourth-order valence-corrected chi connectivity index (χ4v) is 4.52. The highest BCUT2D eigenvalue weighted by atomic mass is 32.2. The second-order valence-corrected chi connectivity index (χ2v) is 8.79. The zero-order valence-corrected chi connectivity index (χ0v) is 15.3. The van der Waals surface area contributed by atoms with Crippen LogP contribution in [0.2, 0.25) is 0 Å². The van der Waals surface area contributed by atoms with Crippen molar-refractivity contribution in [3.63, 3.8) is 0 Å². The van der Waals surface area contributed by atoms with E-state index in [2.05, 4.69) is 29.4 Å². The van der Waals surface area contributed by atoms with Crippen LogP contribution in [0, 0.1) is 5.92 Å². The number of rotatable bonds is 7. The van der Waals surface area contributed by atoms with Crippen molar-refractivity contribution in [3.8, 4) is 0 Å². The minimum Gasteiger partial charge on any atom is -0.351 e. The monoisotopic (exact) mass is 354 g/mol. The number of hydrogen-bond donors (Lipinski definition) is 1. The average Bonchev–Trinajstić information content (AvgIpc) is 2.88. The number of nitrogens with one attached hydrogen (secondary N) is 1. The highest BCUT2D eigenvalue weighted by Crippen LogP contribution is 2.22. The Morgan fingerprint density at radius 3 is 2.62 bits per heavy atom. The lowest BCUT2D eigenvalue weighted by atomic mass is 10.1. The van der Waals surface area contributed by atoms with E-state index < -0.39 is 9.84 Å². The maximum atomic E-state index is 12.0. The van der Waals surface area contributed by atoms with Gasteiger partial charge in [-0.2, -0.15) is 0 Å². The van der Waals surface area contributed by atoms with E-state index in [4.69, 9.17) is 0 Å². The van der Waals surface area contributed by atoms with E-state index >= 15 is 0 Å². The predicted molar refractivity (Wildman–Crippen MR) is 93.9 cm³/mol. The van der Waals surface area contributed by atoms with Crippen molar-refractivity contribution < 1.29 is 13.2 Å². The molecule has 0 bridgehead atoms. The third-order valence-corrected chi connectivity index (χ3v) is 5.92. The number of nitrogens with zero attached hydrogens (tertiary/aromatic N) is 3. The molecule has 134 valence electrons. The Hall–Kier alpha value is -1.70. The van der Waals surface area contributed by atoms with Gasteiger partial charge in [0.2, 0.25) is 0 Å². The molecule has 1 N–H and O–H groups in total. The van der Waals surface area contributed by atoms with Crippen molar-refractivity contribution >= 4 is 21.6 Å². The normalized spacial score (nSPS) is 19.4. The van der Waals surface area contributed by atoms with Gasteiger partial charge in [-0.05, 0) is 37.8 Å². The molecular weight excluding hydrogens is 328 g/mol. The molecule has 2 heterocycles. The van der Waals surface area contributed by atoms with Crippen LogP contribution in [-0.4, -0.2) is 55.2 Å². The van der Waals surface area contributed by atoms with Crippen LogP contribution >= 0.6 is 0 Å². The molecule has 1 aliphatic rings. The molecule has 0 spiro atoms. The van der Waals surface area contributed by atoms with E-state index in [0.717, 1.165) is 6.42 Å². The second kappa shape index (κ2) is 7.92. The van der Waals surface area contributed by atoms with Crippen LogP contribution in [0.3, 0.4) is 0 Å². The van der Waals surface area contributed by atoms with E-state index in [0.29, 0.717) is 31.2 Å². The van der Waals surface area contributed by atoms with Crippen LogP contribution < -0.4 is 10.2 Å². The second-order valence-electron chi connectivity index (χ2n) is 6.56. The smallest absolute Gasteiger partial charge is 0.271 e. The van der Waals surface area contributed by atoms with Crippen LogP contribution in [-0.2, 0) is 9.84 Å². The van der Waals surface area contributed by atoms with Crippen LogP contribution in [0.15, 0.2) is 12.1 Å². The Morgan fingerprint density at radius 1 is 1.38 bits per heavy atom. The first kappa shape index (κ1) is 18.6.